The van der Waals surface area contributed by atoms with Crippen LogP contribution in [0.2, 0.25) is 0 Å². The fraction of sp³-hybridized carbons (Fsp3) is 0.235. The molecule has 1 aromatic carbocycles. The van der Waals surface area contributed by atoms with Gasteiger partial charge in [-0.05, 0) is 50.2 Å². The number of benzene rings is 1. The summed E-state index contributed by atoms with van der Waals surface area (Å²) in [6.45, 7) is 6.40. The lowest BCUT2D eigenvalue weighted by atomic mass is 10.2. The summed E-state index contributed by atoms with van der Waals surface area (Å²) in [4.78, 5) is 9.76. The van der Waals surface area contributed by atoms with Crippen LogP contribution in [0, 0.1) is 0 Å². The third-order valence-electron chi connectivity index (χ3n) is 3.74. The molecular formula is C17H20N4. The Labute approximate surface area is 124 Å². The number of fused-ring (bicyclic) bond motifs is 1. The fourth-order valence-corrected chi connectivity index (χ4v) is 2.57. The van der Waals surface area contributed by atoms with Crippen molar-refractivity contribution in [2.24, 2.45) is 0 Å². The Hall–Kier alpha value is -2.49. The van der Waals surface area contributed by atoms with Gasteiger partial charge in [0.05, 0.1) is 5.69 Å². The molecule has 0 saturated heterocycles. The molecule has 0 unspecified atom stereocenters. The number of aromatic nitrogens is 2. The van der Waals surface area contributed by atoms with Crippen molar-refractivity contribution in [3.05, 3.63) is 48.8 Å². The molecule has 2 N–H and O–H groups in total. The van der Waals surface area contributed by atoms with Gasteiger partial charge in [-0.3, -0.25) is 0 Å². The number of anilines is 3. The van der Waals surface area contributed by atoms with E-state index in [1.165, 1.54) is 5.69 Å². The summed E-state index contributed by atoms with van der Waals surface area (Å²) in [7, 11) is 0. The molecule has 0 saturated carbocycles. The molecule has 3 rings (SSSR count). The number of aromatic amines is 1. The first-order valence-corrected chi connectivity index (χ1v) is 7.36. The van der Waals surface area contributed by atoms with Crippen molar-refractivity contribution < 1.29 is 0 Å². The Morgan fingerprint density at radius 2 is 1.81 bits per heavy atom. The molecule has 0 spiro atoms. The molecule has 0 amide bonds. The highest BCUT2D eigenvalue weighted by atomic mass is 15.1. The van der Waals surface area contributed by atoms with Gasteiger partial charge in [-0.2, -0.15) is 0 Å². The minimum atomic E-state index is 0.903. The molecule has 0 atom stereocenters. The molecule has 4 heteroatoms. The first-order chi connectivity index (χ1) is 10.3. The van der Waals surface area contributed by atoms with Gasteiger partial charge in [0.15, 0.2) is 0 Å². The zero-order valence-corrected chi connectivity index (χ0v) is 12.4. The zero-order valence-electron chi connectivity index (χ0n) is 12.4. The molecule has 2 heterocycles. The van der Waals surface area contributed by atoms with Crippen LogP contribution in [0.5, 0.6) is 0 Å². The van der Waals surface area contributed by atoms with Crippen molar-refractivity contribution in [1.29, 1.82) is 0 Å². The molecule has 21 heavy (non-hydrogen) atoms. The van der Waals surface area contributed by atoms with Crippen LogP contribution in [-0.2, 0) is 0 Å². The van der Waals surface area contributed by atoms with Crippen molar-refractivity contribution >= 4 is 28.1 Å². The monoisotopic (exact) mass is 280 g/mol. The number of hydrogen-bond acceptors (Lipinski definition) is 3. The second-order valence-electron chi connectivity index (χ2n) is 4.94. The van der Waals surface area contributed by atoms with E-state index in [0.29, 0.717) is 0 Å². The highest BCUT2D eigenvalue weighted by Crippen LogP contribution is 2.25. The van der Waals surface area contributed by atoms with Crippen LogP contribution in [-0.4, -0.2) is 23.1 Å². The van der Waals surface area contributed by atoms with Crippen molar-refractivity contribution in [3.8, 4) is 0 Å². The van der Waals surface area contributed by atoms with Crippen molar-refractivity contribution in [2.75, 3.05) is 23.3 Å². The molecule has 4 nitrogen and oxygen atoms in total. The Morgan fingerprint density at radius 3 is 2.52 bits per heavy atom. The SMILES string of the molecule is CCN(CC)c1ccc(Nc2ccnc3[nH]ccc23)cc1. The van der Waals surface area contributed by atoms with E-state index in [4.69, 9.17) is 0 Å². The standard InChI is InChI=1S/C17H20N4/c1-3-21(4-2)14-7-5-13(6-8-14)20-16-10-12-19-17-15(16)9-11-18-17/h5-12H,3-4H2,1-2H3,(H2,18,19,20). The van der Waals surface area contributed by atoms with Gasteiger partial charge in [0, 0.05) is 42.2 Å². The first kappa shape index (κ1) is 13.5. The predicted molar refractivity (Wildman–Crippen MR) is 89.4 cm³/mol. The first-order valence-electron chi connectivity index (χ1n) is 7.36. The largest absolute Gasteiger partial charge is 0.372 e. The van der Waals surface area contributed by atoms with Gasteiger partial charge in [0.1, 0.15) is 5.65 Å². The quantitative estimate of drug-likeness (QED) is 0.737. The number of pyridine rings is 1. The lowest BCUT2D eigenvalue weighted by Crippen LogP contribution is -2.21. The van der Waals surface area contributed by atoms with E-state index in [1.807, 2.05) is 24.5 Å². The third kappa shape index (κ3) is 2.70. The van der Waals surface area contributed by atoms with E-state index >= 15 is 0 Å². The van der Waals surface area contributed by atoms with Gasteiger partial charge in [0.2, 0.25) is 0 Å². The summed E-state index contributed by atoms with van der Waals surface area (Å²) in [6, 6.07) is 12.6. The minimum absolute atomic E-state index is 0.903. The molecule has 108 valence electrons. The molecule has 0 fully saturated rings. The number of H-pyrrole nitrogens is 1. The van der Waals surface area contributed by atoms with Crippen molar-refractivity contribution in [3.63, 3.8) is 0 Å². The maximum absolute atomic E-state index is 4.30. The maximum Gasteiger partial charge on any atom is 0.139 e. The molecule has 0 bridgehead atoms. The molecule has 0 aliphatic carbocycles. The van der Waals surface area contributed by atoms with Crippen LogP contribution in [0.1, 0.15) is 13.8 Å². The molecule has 2 aromatic heterocycles. The van der Waals surface area contributed by atoms with Crippen molar-refractivity contribution in [1.82, 2.24) is 9.97 Å². The minimum Gasteiger partial charge on any atom is -0.372 e. The van der Waals surface area contributed by atoms with Crippen LogP contribution >= 0.6 is 0 Å². The normalized spacial score (nSPS) is 10.8. The van der Waals surface area contributed by atoms with E-state index < -0.39 is 0 Å². The number of nitrogens with zero attached hydrogens (tertiary/aromatic N) is 2. The van der Waals surface area contributed by atoms with Gasteiger partial charge in [-0.1, -0.05) is 0 Å². The summed E-state index contributed by atoms with van der Waals surface area (Å²) in [5.41, 5.74) is 4.31. The molecule has 0 aliphatic heterocycles. The second kappa shape index (κ2) is 5.87. The average molecular weight is 280 g/mol. The van der Waals surface area contributed by atoms with E-state index in [0.717, 1.165) is 35.5 Å². The summed E-state index contributed by atoms with van der Waals surface area (Å²) >= 11 is 0. The summed E-state index contributed by atoms with van der Waals surface area (Å²) in [5.74, 6) is 0. The van der Waals surface area contributed by atoms with E-state index in [9.17, 15) is 0 Å². The van der Waals surface area contributed by atoms with Crippen molar-refractivity contribution in [2.45, 2.75) is 13.8 Å². The van der Waals surface area contributed by atoms with Gasteiger partial charge in [-0.15, -0.1) is 0 Å². The Morgan fingerprint density at radius 1 is 1.05 bits per heavy atom. The lowest BCUT2D eigenvalue weighted by Gasteiger charge is -2.21. The summed E-state index contributed by atoms with van der Waals surface area (Å²) in [5, 5.41) is 4.56. The van der Waals surface area contributed by atoms with Gasteiger partial charge < -0.3 is 15.2 Å². The lowest BCUT2D eigenvalue weighted by molar-refractivity contribution is 0.866. The van der Waals surface area contributed by atoms with Crippen LogP contribution in [0.15, 0.2) is 48.8 Å². The summed E-state index contributed by atoms with van der Waals surface area (Å²) in [6.07, 6.45) is 3.72. The van der Waals surface area contributed by atoms with E-state index in [2.05, 4.69) is 58.3 Å². The van der Waals surface area contributed by atoms with Gasteiger partial charge >= 0.3 is 0 Å². The number of nitrogens with one attached hydrogen (secondary N) is 2. The summed E-state index contributed by atoms with van der Waals surface area (Å²) < 4.78 is 0. The molecular weight excluding hydrogens is 260 g/mol. The topological polar surface area (TPSA) is 44.0 Å². The molecule has 0 aliphatic rings. The Kier molecular flexibility index (Phi) is 3.77. The third-order valence-corrected chi connectivity index (χ3v) is 3.74. The van der Waals surface area contributed by atoms with Crippen LogP contribution in [0.25, 0.3) is 11.0 Å². The van der Waals surface area contributed by atoms with Crippen LogP contribution in [0.4, 0.5) is 17.1 Å². The fourth-order valence-electron chi connectivity index (χ4n) is 2.57. The Bertz CT molecular complexity index is 711. The predicted octanol–water partition coefficient (Wildman–Crippen LogP) is 4.15. The molecule has 0 radical (unpaired) electrons. The highest BCUT2D eigenvalue weighted by Gasteiger charge is 2.04. The van der Waals surface area contributed by atoms with Crippen LogP contribution in [0.3, 0.4) is 0 Å². The van der Waals surface area contributed by atoms with Crippen LogP contribution < -0.4 is 10.2 Å². The zero-order chi connectivity index (χ0) is 14.7. The number of rotatable bonds is 5. The van der Waals surface area contributed by atoms with E-state index in [-0.39, 0.29) is 0 Å². The number of hydrogen-bond donors (Lipinski definition) is 2. The van der Waals surface area contributed by atoms with E-state index in [1.54, 1.807) is 0 Å². The maximum atomic E-state index is 4.30. The average Bonchev–Trinajstić information content (AvgIpc) is 3.00. The highest BCUT2D eigenvalue weighted by molar-refractivity contribution is 5.91. The smallest absolute Gasteiger partial charge is 0.139 e. The Balaban J connectivity index is 1.83. The van der Waals surface area contributed by atoms with Gasteiger partial charge in [-0.25, -0.2) is 4.98 Å². The molecule has 3 aromatic rings. The van der Waals surface area contributed by atoms with Gasteiger partial charge in [0.25, 0.3) is 0 Å². The second-order valence-corrected chi connectivity index (χ2v) is 4.94.